The monoisotopic (exact) mass is 414 g/mol. The number of carbonyl (C=O) groups is 2. The Morgan fingerprint density at radius 3 is 2.52 bits per heavy atom. The summed E-state index contributed by atoms with van der Waals surface area (Å²) in [5, 5.41) is 5.90. The molecular formula is C26H26N2O3. The molecule has 0 bridgehead atoms. The lowest BCUT2D eigenvalue weighted by molar-refractivity contribution is -0.114. The van der Waals surface area contributed by atoms with Crippen LogP contribution in [0.15, 0.2) is 76.9 Å². The fourth-order valence-electron chi connectivity index (χ4n) is 4.56. The molecule has 4 rings (SSSR count). The molecule has 0 fully saturated rings. The number of methoxy groups -OCH3 is 1. The van der Waals surface area contributed by atoms with E-state index in [1.165, 1.54) is 23.3 Å². The first-order chi connectivity index (χ1) is 14.8. The molecule has 1 aliphatic heterocycles. The highest BCUT2D eigenvalue weighted by molar-refractivity contribution is 6.29. The van der Waals surface area contributed by atoms with Crippen molar-refractivity contribution in [1.82, 2.24) is 0 Å². The molecule has 5 heteroatoms. The van der Waals surface area contributed by atoms with Crippen LogP contribution >= 0.6 is 0 Å². The van der Waals surface area contributed by atoms with Gasteiger partial charge in [0.2, 0.25) is 0 Å². The molecule has 0 spiro atoms. The Bertz CT molecular complexity index is 1160. The highest BCUT2D eigenvalue weighted by Gasteiger charge is 2.39. The molecule has 2 aliphatic rings. The van der Waals surface area contributed by atoms with Gasteiger partial charge in [-0.25, -0.2) is 4.79 Å². The van der Waals surface area contributed by atoms with Gasteiger partial charge in [0, 0.05) is 11.3 Å². The van der Waals surface area contributed by atoms with E-state index in [0.29, 0.717) is 16.8 Å². The maximum Gasteiger partial charge on any atom is 0.337 e. The van der Waals surface area contributed by atoms with Crippen molar-refractivity contribution in [2.75, 3.05) is 12.1 Å². The fourth-order valence-corrected chi connectivity index (χ4v) is 4.56. The zero-order valence-electron chi connectivity index (χ0n) is 18.5. The molecule has 2 aromatic carbocycles. The number of allylic oxidation sites excluding steroid dienone is 3. The number of anilines is 1. The topological polar surface area (TPSA) is 59.0 Å². The van der Waals surface area contributed by atoms with Crippen LogP contribution in [0.1, 0.15) is 55.1 Å². The molecule has 1 amide bonds. The van der Waals surface area contributed by atoms with E-state index in [1.807, 2.05) is 67.6 Å². The van der Waals surface area contributed by atoms with Gasteiger partial charge in [0.25, 0.3) is 5.91 Å². The molecule has 0 radical (unpaired) electrons. The highest BCUT2D eigenvalue weighted by Crippen LogP contribution is 2.50. The number of hydrogen-bond acceptors (Lipinski definition) is 4. The molecule has 31 heavy (non-hydrogen) atoms. The highest BCUT2D eigenvalue weighted by atomic mass is 16.5. The minimum Gasteiger partial charge on any atom is -0.465 e. The molecule has 1 aliphatic carbocycles. The van der Waals surface area contributed by atoms with Gasteiger partial charge in [-0.05, 0) is 48.4 Å². The summed E-state index contributed by atoms with van der Waals surface area (Å²) in [6, 6.07) is 15.2. The Labute approximate surface area is 182 Å². The first-order valence-corrected chi connectivity index (χ1v) is 10.4. The van der Waals surface area contributed by atoms with E-state index < -0.39 is 0 Å². The normalized spacial score (nSPS) is 22.1. The van der Waals surface area contributed by atoms with Crippen LogP contribution in [0.3, 0.4) is 0 Å². The van der Waals surface area contributed by atoms with Crippen molar-refractivity contribution in [2.45, 2.75) is 39.0 Å². The Morgan fingerprint density at radius 2 is 1.84 bits per heavy atom. The summed E-state index contributed by atoms with van der Waals surface area (Å²) in [6.07, 6.45) is 3.92. The number of hydrogen-bond donors (Lipinski definition) is 0. The summed E-state index contributed by atoms with van der Waals surface area (Å²) in [4.78, 5) is 25.0. The van der Waals surface area contributed by atoms with Crippen molar-refractivity contribution in [3.63, 3.8) is 0 Å². The van der Waals surface area contributed by atoms with Crippen LogP contribution in [-0.4, -0.2) is 24.7 Å². The van der Waals surface area contributed by atoms with Gasteiger partial charge in [-0.2, -0.15) is 10.1 Å². The quantitative estimate of drug-likeness (QED) is 0.516. The van der Waals surface area contributed by atoms with E-state index in [0.717, 1.165) is 11.3 Å². The van der Waals surface area contributed by atoms with E-state index in [-0.39, 0.29) is 23.2 Å². The average Bonchev–Trinajstić information content (AvgIpc) is 3.16. The lowest BCUT2D eigenvalue weighted by atomic mass is 9.80. The molecular weight excluding hydrogens is 388 g/mol. The number of hydrazone groups is 1. The first-order valence-electron chi connectivity index (χ1n) is 10.4. The lowest BCUT2D eigenvalue weighted by Crippen LogP contribution is -2.21. The maximum absolute atomic E-state index is 13.0. The largest absolute Gasteiger partial charge is 0.465 e. The standard InChI is InChI=1S/C26H26N2O3/c1-16-20-12-11-18(25(30)31-5)15-23(20)26(3,4)22(16)14-13-21-17(2)27-28(24(21)29)19-9-7-6-8-10-19/h6-16H,1-5H3/b21-13-,22-14-. The van der Waals surface area contributed by atoms with E-state index >= 15 is 0 Å². The zero-order valence-corrected chi connectivity index (χ0v) is 18.5. The van der Waals surface area contributed by atoms with E-state index in [1.54, 1.807) is 0 Å². The summed E-state index contributed by atoms with van der Waals surface area (Å²) < 4.78 is 4.88. The summed E-state index contributed by atoms with van der Waals surface area (Å²) in [5.74, 6) is -0.294. The van der Waals surface area contributed by atoms with Crippen molar-refractivity contribution in [3.05, 3.63) is 88.5 Å². The van der Waals surface area contributed by atoms with Crippen LogP contribution in [-0.2, 0) is 14.9 Å². The molecule has 1 atom stereocenters. The third-order valence-corrected chi connectivity index (χ3v) is 6.30. The molecule has 0 N–H and O–H groups in total. The smallest absolute Gasteiger partial charge is 0.337 e. The minimum atomic E-state index is -0.338. The van der Waals surface area contributed by atoms with Crippen molar-refractivity contribution < 1.29 is 14.3 Å². The molecule has 0 aromatic heterocycles. The number of benzene rings is 2. The zero-order chi connectivity index (χ0) is 22.3. The van der Waals surface area contributed by atoms with E-state index in [4.69, 9.17) is 4.74 Å². The molecule has 1 heterocycles. The molecule has 0 saturated carbocycles. The summed E-state index contributed by atoms with van der Waals surface area (Å²) >= 11 is 0. The predicted molar refractivity (Wildman–Crippen MR) is 122 cm³/mol. The van der Waals surface area contributed by atoms with Crippen LogP contribution in [0, 0.1) is 0 Å². The van der Waals surface area contributed by atoms with E-state index in [2.05, 4.69) is 25.9 Å². The van der Waals surface area contributed by atoms with Gasteiger partial charge in [0.05, 0.1) is 29.6 Å². The third-order valence-electron chi connectivity index (χ3n) is 6.30. The molecule has 1 unspecified atom stereocenters. The van der Waals surface area contributed by atoms with E-state index in [9.17, 15) is 9.59 Å². The van der Waals surface area contributed by atoms with Crippen molar-refractivity contribution in [1.29, 1.82) is 0 Å². The Kier molecular flexibility index (Phi) is 5.13. The second kappa shape index (κ2) is 7.65. The minimum absolute atomic E-state index is 0.130. The Hall–Kier alpha value is -3.47. The van der Waals surface area contributed by atoms with Crippen molar-refractivity contribution >= 4 is 23.3 Å². The lowest BCUT2D eigenvalue weighted by Gasteiger charge is -2.23. The third kappa shape index (κ3) is 3.40. The number of ether oxygens (including phenoxy) is 1. The second-order valence-corrected chi connectivity index (χ2v) is 8.48. The van der Waals surface area contributed by atoms with Gasteiger partial charge in [0.1, 0.15) is 0 Å². The number of fused-ring (bicyclic) bond motifs is 1. The van der Waals surface area contributed by atoms with Gasteiger partial charge in [-0.3, -0.25) is 4.79 Å². The van der Waals surface area contributed by atoms with Crippen molar-refractivity contribution in [2.24, 2.45) is 5.10 Å². The average molecular weight is 415 g/mol. The molecule has 5 nitrogen and oxygen atoms in total. The number of rotatable bonds is 3. The van der Waals surface area contributed by atoms with Gasteiger partial charge in [-0.1, -0.05) is 56.7 Å². The number of amides is 1. The first kappa shape index (κ1) is 20.8. The Balaban J connectivity index is 1.69. The summed E-state index contributed by atoms with van der Waals surface area (Å²) in [6.45, 7) is 8.30. The molecule has 2 aromatic rings. The van der Waals surface area contributed by atoms with Crippen LogP contribution in [0.25, 0.3) is 0 Å². The number of esters is 1. The number of nitrogens with zero attached hydrogens (tertiary/aromatic N) is 2. The van der Waals surface area contributed by atoms with Crippen LogP contribution in [0.4, 0.5) is 5.69 Å². The summed E-state index contributed by atoms with van der Waals surface area (Å²) in [7, 11) is 1.39. The second-order valence-electron chi connectivity index (χ2n) is 8.48. The fraction of sp³-hybridized carbons (Fsp3) is 0.269. The van der Waals surface area contributed by atoms with Gasteiger partial charge >= 0.3 is 5.97 Å². The van der Waals surface area contributed by atoms with Crippen LogP contribution < -0.4 is 5.01 Å². The van der Waals surface area contributed by atoms with Crippen molar-refractivity contribution in [3.8, 4) is 0 Å². The number of para-hydroxylation sites is 1. The van der Waals surface area contributed by atoms with Crippen LogP contribution in [0.5, 0.6) is 0 Å². The summed E-state index contributed by atoms with van der Waals surface area (Å²) in [5.41, 5.74) is 5.80. The van der Waals surface area contributed by atoms with Gasteiger partial charge in [0.15, 0.2) is 0 Å². The molecule has 158 valence electrons. The Morgan fingerprint density at radius 1 is 1.13 bits per heavy atom. The van der Waals surface area contributed by atoms with Gasteiger partial charge in [-0.15, -0.1) is 0 Å². The number of carbonyl (C=O) groups excluding carboxylic acids is 2. The SMILES string of the molecule is COC(=O)c1ccc2c(c1)C(C)(C)/C(=C\C=C1/C(=O)N(c3ccccc3)N=C1C)C2C. The van der Waals surface area contributed by atoms with Crippen LogP contribution in [0.2, 0.25) is 0 Å². The molecule has 0 saturated heterocycles. The van der Waals surface area contributed by atoms with Gasteiger partial charge < -0.3 is 4.74 Å². The predicted octanol–water partition coefficient (Wildman–Crippen LogP) is 5.14. The maximum atomic E-state index is 13.0.